The maximum atomic E-state index is 13.1. The monoisotopic (exact) mass is 404 g/mol. The number of aromatic nitrogens is 3. The summed E-state index contributed by atoms with van der Waals surface area (Å²) in [6.45, 7) is 2.13. The molecule has 2 heterocycles. The summed E-state index contributed by atoms with van der Waals surface area (Å²) in [5.74, 6) is -0.169. The van der Waals surface area contributed by atoms with Crippen molar-refractivity contribution in [3.05, 3.63) is 65.6 Å². The van der Waals surface area contributed by atoms with Gasteiger partial charge in [-0.2, -0.15) is 5.10 Å². The molecule has 0 unspecified atom stereocenters. The average molecular weight is 404 g/mol. The molecule has 2 aliphatic rings. The smallest absolute Gasteiger partial charge is 0.311 e. The summed E-state index contributed by atoms with van der Waals surface area (Å²) >= 11 is 0. The molecule has 3 aromatic rings. The second-order valence-corrected chi connectivity index (χ2v) is 8.35. The van der Waals surface area contributed by atoms with Crippen molar-refractivity contribution in [1.29, 1.82) is 0 Å². The Morgan fingerprint density at radius 3 is 2.80 bits per heavy atom. The molecule has 154 valence electrons. The molecule has 0 radical (unpaired) electrons. The van der Waals surface area contributed by atoms with Gasteiger partial charge < -0.3 is 10.1 Å². The first-order chi connectivity index (χ1) is 14.6. The number of amides is 1. The minimum Gasteiger partial charge on any atom is -0.461 e. The van der Waals surface area contributed by atoms with Crippen molar-refractivity contribution >= 4 is 17.5 Å². The molecule has 2 aromatic heterocycles. The van der Waals surface area contributed by atoms with E-state index in [4.69, 9.17) is 4.74 Å². The highest BCUT2D eigenvalue weighted by atomic mass is 16.5. The maximum absolute atomic E-state index is 13.1. The van der Waals surface area contributed by atoms with Crippen LogP contribution in [0.1, 0.15) is 40.9 Å². The van der Waals surface area contributed by atoms with Crippen LogP contribution in [0.4, 0.5) is 0 Å². The molecule has 2 saturated carbocycles. The van der Waals surface area contributed by atoms with Gasteiger partial charge in [-0.05, 0) is 49.7 Å². The second-order valence-electron chi connectivity index (χ2n) is 8.35. The van der Waals surface area contributed by atoms with Crippen molar-refractivity contribution in [1.82, 2.24) is 19.9 Å². The summed E-state index contributed by atoms with van der Waals surface area (Å²) in [7, 11) is 0. The van der Waals surface area contributed by atoms with Crippen LogP contribution in [-0.2, 0) is 16.1 Å². The fraction of sp³-hybridized carbons (Fsp3) is 0.391. The van der Waals surface area contributed by atoms with Crippen molar-refractivity contribution in [3.63, 3.8) is 0 Å². The van der Waals surface area contributed by atoms with E-state index in [0.29, 0.717) is 17.1 Å². The molecule has 2 aliphatic carbocycles. The number of benzene rings is 1. The highest BCUT2D eigenvalue weighted by Gasteiger charge is 2.52. The zero-order valence-electron chi connectivity index (χ0n) is 16.8. The summed E-state index contributed by atoms with van der Waals surface area (Å²) in [5, 5.41) is 7.34. The van der Waals surface area contributed by atoms with E-state index in [-0.39, 0.29) is 36.4 Å². The largest absolute Gasteiger partial charge is 0.461 e. The van der Waals surface area contributed by atoms with E-state index in [9.17, 15) is 9.59 Å². The number of esters is 1. The van der Waals surface area contributed by atoms with Crippen LogP contribution in [0, 0.1) is 24.7 Å². The Morgan fingerprint density at radius 2 is 1.97 bits per heavy atom. The first-order valence-corrected chi connectivity index (χ1v) is 10.4. The molecule has 1 aromatic carbocycles. The van der Waals surface area contributed by atoms with Crippen LogP contribution < -0.4 is 5.32 Å². The van der Waals surface area contributed by atoms with Crippen molar-refractivity contribution < 1.29 is 14.3 Å². The Labute approximate surface area is 174 Å². The normalized spacial score (nSPS) is 24.8. The van der Waals surface area contributed by atoms with Gasteiger partial charge in [-0.1, -0.05) is 30.3 Å². The van der Waals surface area contributed by atoms with Crippen LogP contribution in [0.15, 0.2) is 48.8 Å². The first-order valence-electron chi connectivity index (χ1n) is 10.4. The topological polar surface area (TPSA) is 85.6 Å². The van der Waals surface area contributed by atoms with E-state index in [1.54, 1.807) is 10.7 Å². The minimum absolute atomic E-state index is 0.209. The van der Waals surface area contributed by atoms with E-state index >= 15 is 0 Å². The molecule has 4 atom stereocenters. The lowest BCUT2D eigenvalue weighted by molar-refractivity contribution is -0.152. The third-order valence-electron chi connectivity index (χ3n) is 6.46. The van der Waals surface area contributed by atoms with Gasteiger partial charge in [0, 0.05) is 17.9 Å². The third kappa shape index (κ3) is 3.34. The summed E-state index contributed by atoms with van der Waals surface area (Å²) in [6, 6.07) is 11.3. The van der Waals surface area contributed by atoms with Gasteiger partial charge in [0.15, 0.2) is 5.65 Å². The quantitative estimate of drug-likeness (QED) is 0.661. The van der Waals surface area contributed by atoms with Crippen molar-refractivity contribution in [2.24, 2.45) is 17.8 Å². The predicted molar refractivity (Wildman–Crippen MR) is 110 cm³/mol. The lowest BCUT2D eigenvalue weighted by Gasteiger charge is -2.30. The molecule has 7 nitrogen and oxygen atoms in total. The fourth-order valence-corrected chi connectivity index (χ4v) is 5.01. The Hall–Kier alpha value is -3.22. The number of hydrogen-bond donors (Lipinski definition) is 1. The van der Waals surface area contributed by atoms with E-state index < -0.39 is 0 Å². The summed E-state index contributed by atoms with van der Waals surface area (Å²) in [4.78, 5) is 30.4. The van der Waals surface area contributed by atoms with Crippen molar-refractivity contribution in [3.8, 4) is 0 Å². The molecular weight excluding hydrogens is 380 g/mol. The van der Waals surface area contributed by atoms with Gasteiger partial charge >= 0.3 is 5.97 Å². The van der Waals surface area contributed by atoms with Crippen molar-refractivity contribution in [2.45, 2.75) is 38.8 Å². The van der Waals surface area contributed by atoms with Gasteiger partial charge in [-0.25, -0.2) is 9.50 Å². The van der Waals surface area contributed by atoms with Gasteiger partial charge in [0.25, 0.3) is 5.91 Å². The first kappa shape index (κ1) is 18.8. The number of carbonyl (C=O) groups excluding carboxylic acids is 2. The zero-order chi connectivity index (χ0) is 20.7. The Kier molecular flexibility index (Phi) is 4.73. The Bertz CT molecular complexity index is 1090. The Balaban J connectivity index is 1.32. The third-order valence-corrected chi connectivity index (χ3v) is 6.46. The van der Waals surface area contributed by atoms with E-state index in [0.717, 1.165) is 30.5 Å². The number of nitrogens with zero attached hydrogens (tertiary/aromatic N) is 3. The molecule has 2 fully saturated rings. The number of carbonyl (C=O) groups is 2. The standard InChI is InChI=1S/C23H24N4O3/c1-14-9-10-27-21(25-14)18(12-24-27)22(28)26-20-17-8-7-16(11-17)19(20)23(29)30-13-15-5-3-2-4-6-15/h2-6,9-10,12,16-17,19-20H,7-8,11,13H2,1H3,(H,26,28)/t16-,17-,19-,20+/m0/s1. The van der Waals surface area contributed by atoms with Crippen LogP contribution in [0.5, 0.6) is 0 Å². The van der Waals surface area contributed by atoms with Gasteiger partial charge in [-0.3, -0.25) is 9.59 Å². The van der Waals surface area contributed by atoms with Gasteiger partial charge in [0.05, 0.1) is 12.1 Å². The van der Waals surface area contributed by atoms with E-state index in [2.05, 4.69) is 15.4 Å². The number of aryl methyl sites for hydroxylation is 1. The predicted octanol–water partition coefficient (Wildman–Crippen LogP) is 2.93. The fourth-order valence-electron chi connectivity index (χ4n) is 5.01. The van der Waals surface area contributed by atoms with Crippen LogP contribution in [0.2, 0.25) is 0 Å². The van der Waals surface area contributed by atoms with Crippen molar-refractivity contribution in [2.75, 3.05) is 0 Å². The van der Waals surface area contributed by atoms with Gasteiger partial charge in [0.2, 0.25) is 0 Å². The van der Waals surface area contributed by atoms with Gasteiger partial charge in [0.1, 0.15) is 12.2 Å². The summed E-state index contributed by atoms with van der Waals surface area (Å²) < 4.78 is 7.23. The van der Waals surface area contributed by atoms with E-state index in [1.807, 2.05) is 43.3 Å². The Morgan fingerprint density at radius 1 is 1.17 bits per heavy atom. The lowest BCUT2D eigenvalue weighted by atomic mass is 9.84. The summed E-state index contributed by atoms with van der Waals surface area (Å²) in [6.07, 6.45) is 6.33. The van der Waals surface area contributed by atoms with Crippen LogP contribution in [0.3, 0.4) is 0 Å². The molecular formula is C23H24N4O3. The minimum atomic E-state index is -0.298. The summed E-state index contributed by atoms with van der Waals surface area (Å²) in [5.41, 5.74) is 2.73. The SMILES string of the molecule is Cc1ccn2ncc(C(=O)N[C@@H]3[C@H]4CC[C@@H](C4)[C@@H]3C(=O)OCc3ccccc3)c2n1. The van der Waals surface area contributed by atoms with Crippen LogP contribution >= 0.6 is 0 Å². The molecule has 0 saturated heterocycles. The average Bonchev–Trinajstić information content (AvgIpc) is 3.47. The molecule has 0 spiro atoms. The maximum Gasteiger partial charge on any atom is 0.311 e. The highest BCUT2D eigenvalue weighted by molar-refractivity contribution is 6.00. The number of hydrogen-bond acceptors (Lipinski definition) is 5. The second kappa shape index (κ2) is 7.55. The molecule has 7 heteroatoms. The van der Waals surface area contributed by atoms with Crippen LogP contribution in [-0.4, -0.2) is 32.5 Å². The highest BCUT2D eigenvalue weighted by Crippen LogP contribution is 2.49. The molecule has 1 N–H and O–H groups in total. The number of fused-ring (bicyclic) bond motifs is 3. The molecule has 5 rings (SSSR count). The molecule has 2 bridgehead atoms. The van der Waals surface area contributed by atoms with E-state index in [1.165, 1.54) is 6.20 Å². The number of rotatable bonds is 5. The molecule has 30 heavy (non-hydrogen) atoms. The molecule has 0 aliphatic heterocycles. The van der Waals surface area contributed by atoms with Gasteiger partial charge in [-0.15, -0.1) is 0 Å². The number of nitrogens with one attached hydrogen (secondary N) is 1. The van der Waals surface area contributed by atoms with Crippen LogP contribution in [0.25, 0.3) is 5.65 Å². The zero-order valence-corrected chi connectivity index (χ0v) is 16.8. The number of ether oxygens (including phenoxy) is 1. The lowest BCUT2D eigenvalue weighted by Crippen LogP contribution is -2.47. The molecule has 1 amide bonds.